The van der Waals surface area contributed by atoms with Crippen LogP contribution in [0.25, 0.3) is 0 Å². The zero-order valence-corrected chi connectivity index (χ0v) is 11.3. The van der Waals surface area contributed by atoms with E-state index in [1.807, 2.05) is 38.1 Å². The van der Waals surface area contributed by atoms with Crippen LogP contribution in [0.3, 0.4) is 0 Å². The Labute approximate surface area is 113 Å². The minimum atomic E-state index is -0.126. The third kappa shape index (κ3) is 3.05. The highest BCUT2D eigenvalue weighted by Crippen LogP contribution is 2.28. The molecule has 1 heterocycles. The van der Waals surface area contributed by atoms with Crippen molar-refractivity contribution in [3.63, 3.8) is 0 Å². The Morgan fingerprint density at radius 2 is 2.21 bits per heavy atom. The lowest BCUT2D eigenvalue weighted by atomic mass is 10.2. The average Bonchev–Trinajstić information content (AvgIpc) is 2.42. The highest BCUT2D eigenvalue weighted by atomic mass is 16.2. The number of hydrogen-bond acceptors (Lipinski definition) is 3. The Hall–Kier alpha value is -2.04. The topological polar surface area (TPSA) is 61.4 Å². The van der Waals surface area contributed by atoms with Gasteiger partial charge in [-0.3, -0.25) is 14.5 Å². The number of fused-ring (bicyclic) bond motifs is 1. The normalized spacial score (nSPS) is 15.5. The van der Waals surface area contributed by atoms with Crippen LogP contribution in [0.1, 0.15) is 20.3 Å². The first-order valence-electron chi connectivity index (χ1n) is 6.54. The van der Waals surface area contributed by atoms with Crippen molar-refractivity contribution in [3.8, 4) is 0 Å². The molecule has 0 aliphatic carbocycles. The summed E-state index contributed by atoms with van der Waals surface area (Å²) in [5, 5.41) is 5.92. The van der Waals surface area contributed by atoms with Crippen LogP contribution in [-0.2, 0) is 9.59 Å². The SMILES string of the molecule is CCC(C)NC(=O)CN1C(=O)CNc2ccccc21. The van der Waals surface area contributed by atoms with Gasteiger partial charge in [-0.05, 0) is 25.5 Å². The van der Waals surface area contributed by atoms with Gasteiger partial charge in [-0.2, -0.15) is 0 Å². The summed E-state index contributed by atoms with van der Waals surface area (Å²) < 4.78 is 0. The second-order valence-corrected chi connectivity index (χ2v) is 4.73. The highest BCUT2D eigenvalue weighted by Gasteiger charge is 2.25. The Morgan fingerprint density at radius 3 is 2.95 bits per heavy atom. The molecule has 1 aliphatic rings. The monoisotopic (exact) mass is 261 g/mol. The van der Waals surface area contributed by atoms with Gasteiger partial charge < -0.3 is 10.6 Å². The highest BCUT2D eigenvalue weighted by molar-refractivity contribution is 6.05. The van der Waals surface area contributed by atoms with Gasteiger partial charge >= 0.3 is 0 Å². The summed E-state index contributed by atoms with van der Waals surface area (Å²) in [4.78, 5) is 25.4. The van der Waals surface area contributed by atoms with Crippen molar-refractivity contribution in [1.29, 1.82) is 0 Å². The number of carbonyl (C=O) groups is 2. The van der Waals surface area contributed by atoms with Gasteiger partial charge in [-0.1, -0.05) is 19.1 Å². The second kappa shape index (κ2) is 5.73. The number of para-hydroxylation sites is 2. The zero-order valence-electron chi connectivity index (χ0n) is 11.3. The van der Waals surface area contributed by atoms with Crippen LogP contribution in [0.4, 0.5) is 11.4 Å². The summed E-state index contributed by atoms with van der Waals surface area (Å²) in [6.07, 6.45) is 0.873. The number of benzene rings is 1. The molecule has 19 heavy (non-hydrogen) atoms. The van der Waals surface area contributed by atoms with E-state index < -0.39 is 0 Å². The molecule has 0 bridgehead atoms. The molecule has 0 saturated heterocycles. The van der Waals surface area contributed by atoms with Gasteiger partial charge in [0, 0.05) is 6.04 Å². The summed E-state index contributed by atoms with van der Waals surface area (Å²) in [6.45, 7) is 4.26. The number of amides is 2. The number of hydrogen-bond donors (Lipinski definition) is 2. The number of nitrogens with zero attached hydrogens (tertiary/aromatic N) is 1. The molecular formula is C14H19N3O2. The molecule has 2 N–H and O–H groups in total. The third-order valence-electron chi connectivity index (χ3n) is 3.25. The first-order valence-corrected chi connectivity index (χ1v) is 6.54. The third-order valence-corrected chi connectivity index (χ3v) is 3.25. The summed E-state index contributed by atoms with van der Waals surface area (Å²) in [5.74, 6) is -0.211. The maximum atomic E-state index is 11.9. The zero-order chi connectivity index (χ0) is 13.8. The van der Waals surface area contributed by atoms with E-state index in [1.54, 1.807) is 0 Å². The van der Waals surface area contributed by atoms with Crippen molar-refractivity contribution < 1.29 is 9.59 Å². The van der Waals surface area contributed by atoms with E-state index in [4.69, 9.17) is 0 Å². The van der Waals surface area contributed by atoms with E-state index in [1.165, 1.54) is 4.90 Å². The van der Waals surface area contributed by atoms with Gasteiger partial charge in [0.25, 0.3) is 0 Å². The number of carbonyl (C=O) groups excluding carboxylic acids is 2. The van der Waals surface area contributed by atoms with Gasteiger partial charge in [-0.25, -0.2) is 0 Å². The van der Waals surface area contributed by atoms with Crippen LogP contribution in [0.15, 0.2) is 24.3 Å². The number of anilines is 2. The lowest BCUT2D eigenvalue weighted by Gasteiger charge is -2.30. The molecule has 0 radical (unpaired) electrons. The molecule has 0 spiro atoms. The molecule has 5 heteroatoms. The van der Waals surface area contributed by atoms with Gasteiger partial charge in [0.15, 0.2) is 0 Å². The van der Waals surface area contributed by atoms with E-state index in [2.05, 4.69) is 10.6 Å². The maximum absolute atomic E-state index is 11.9. The summed E-state index contributed by atoms with van der Waals surface area (Å²) in [6, 6.07) is 7.63. The molecule has 1 aromatic carbocycles. The molecule has 1 aliphatic heterocycles. The first kappa shape index (κ1) is 13.4. The first-order chi connectivity index (χ1) is 9.11. The predicted molar refractivity (Wildman–Crippen MR) is 75.2 cm³/mol. The molecule has 102 valence electrons. The molecule has 2 rings (SSSR count). The molecule has 1 aromatic rings. The van der Waals surface area contributed by atoms with Gasteiger partial charge in [0.1, 0.15) is 6.54 Å². The van der Waals surface area contributed by atoms with Crippen molar-refractivity contribution in [2.45, 2.75) is 26.3 Å². The maximum Gasteiger partial charge on any atom is 0.246 e. The second-order valence-electron chi connectivity index (χ2n) is 4.73. The van der Waals surface area contributed by atoms with Crippen LogP contribution < -0.4 is 15.5 Å². The van der Waals surface area contributed by atoms with Crippen LogP contribution in [0.2, 0.25) is 0 Å². The Balaban J connectivity index is 2.11. The molecular weight excluding hydrogens is 242 g/mol. The van der Waals surface area contributed by atoms with Crippen molar-refractivity contribution in [2.75, 3.05) is 23.3 Å². The molecule has 2 amide bonds. The quantitative estimate of drug-likeness (QED) is 0.860. The van der Waals surface area contributed by atoms with E-state index in [0.717, 1.165) is 17.8 Å². The Kier molecular flexibility index (Phi) is 4.04. The van der Waals surface area contributed by atoms with Crippen LogP contribution >= 0.6 is 0 Å². The lowest BCUT2D eigenvalue weighted by Crippen LogP contribution is -2.47. The predicted octanol–water partition coefficient (Wildman–Crippen LogP) is 1.36. The molecule has 1 unspecified atom stereocenters. The smallest absolute Gasteiger partial charge is 0.246 e. The van der Waals surface area contributed by atoms with Crippen molar-refractivity contribution in [2.24, 2.45) is 0 Å². The standard InChI is InChI=1S/C14H19N3O2/c1-3-10(2)16-13(18)9-17-12-7-5-4-6-11(12)15-8-14(17)19/h4-7,10,15H,3,8-9H2,1-2H3,(H,16,18). The molecule has 0 fully saturated rings. The van der Waals surface area contributed by atoms with Crippen LogP contribution in [-0.4, -0.2) is 30.9 Å². The summed E-state index contributed by atoms with van der Waals surface area (Å²) in [7, 11) is 0. The lowest BCUT2D eigenvalue weighted by molar-refractivity contribution is -0.123. The van der Waals surface area contributed by atoms with Crippen molar-refractivity contribution in [1.82, 2.24) is 5.32 Å². The summed E-state index contributed by atoms with van der Waals surface area (Å²) in [5.41, 5.74) is 1.65. The molecule has 0 saturated carbocycles. The van der Waals surface area contributed by atoms with Crippen molar-refractivity contribution in [3.05, 3.63) is 24.3 Å². The van der Waals surface area contributed by atoms with Crippen LogP contribution in [0, 0.1) is 0 Å². The fourth-order valence-electron chi connectivity index (χ4n) is 2.00. The molecule has 5 nitrogen and oxygen atoms in total. The van der Waals surface area contributed by atoms with Crippen molar-refractivity contribution >= 4 is 23.2 Å². The minimum Gasteiger partial charge on any atom is -0.374 e. The van der Waals surface area contributed by atoms with Gasteiger partial charge in [0.2, 0.25) is 11.8 Å². The fourth-order valence-corrected chi connectivity index (χ4v) is 2.00. The van der Waals surface area contributed by atoms with E-state index in [0.29, 0.717) is 0 Å². The number of nitrogens with one attached hydrogen (secondary N) is 2. The van der Waals surface area contributed by atoms with Gasteiger partial charge in [0.05, 0.1) is 17.9 Å². The minimum absolute atomic E-state index is 0.0713. The largest absolute Gasteiger partial charge is 0.374 e. The Morgan fingerprint density at radius 1 is 1.47 bits per heavy atom. The van der Waals surface area contributed by atoms with Crippen LogP contribution in [0.5, 0.6) is 0 Å². The Bertz CT molecular complexity index is 487. The fraction of sp³-hybridized carbons (Fsp3) is 0.429. The van der Waals surface area contributed by atoms with E-state index in [9.17, 15) is 9.59 Å². The van der Waals surface area contributed by atoms with E-state index >= 15 is 0 Å². The van der Waals surface area contributed by atoms with Gasteiger partial charge in [-0.15, -0.1) is 0 Å². The average molecular weight is 261 g/mol. The summed E-state index contributed by atoms with van der Waals surface area (Å²) >= 11 is 0. The molecule has 1 atom stereocenters. The number of rotatable bonds is 4. The van der Waals surface area contributed by atoms with E-state index in [-0.39, 0.29) is 30.9 Å². The molecule has 0 aromatic heterocycles.